The number of hydrogen-bond acceptors (Lipinski definition) is 4. The molecule has 0 fully saturated rings. The predicted octanol–water partition coefficient (Wildman–Crippen LogP) is 2.59. The zero-order valence-corrected chi connectivity index (χ0v) is 11.5. The van der Waals surface area contributed by atoms with Crippen molar-refractivity contribution in [3.05, 3.63) is 29.3 Å². The maximum atomic E-state index is 11.2. The summed E-state index contributed by atoms with van der Waals surface area (Å²) >= 11 is 1.61. The molecule has 2 aromatic rings. The monoisotopic (exact) mass is 264 g/mol. The van der Waals surface area contributed by atoms with Gasteiger partial charge in [-0.25, -0.2) is 4.98 Å². The third kappa shape index (κ3) is 2.37. The fraction of sp³-hybridized carbons (Fsp3) is 0.385. The summed E-state index contributed by atoms with van der Waals surface area (Å²) in [5, 5.41) is 10.1. The van der Waals surface area contributed by atoms with E-state index in [1.807, 2.05) is 24.3 Å². The van der Waals surface area contributed by atoms with Crippen molar-refractivity contribution in [3.63, 3.8) is 0 Å². The maximum absolute atomic E-state index is 11.2. The standard InChI is InChI=1S/C13H16N2O2S/c1-13(2,12(16)17)15(3)8-11-14-9-6-4-5-7-10(9)18-11/h4-7H,8H2,1-3H3,(H,16,17). The summed E-state index contributed by atoms with van der Waals surface area (Å²) in [6.45, 7) is 3.93. The van der Waals surface area contributed by atoms with Gasteiger partial charge in [-0.3, -0.25) is 9.69 Å². The second kappa shape index (κ2) is 4.66. The minimum atomic E-state index is -0.891. The van der Waals surface area contributed by atoms with Gasteiger partial charge in [0.15, 0.2) is 0 Å². The Morgan fingerprint density at radius 3 is 2.72 bits per heavy atom. The molecule has 2 rings (SSSR count). The fourth-order valence-electron chi connectivity index (χ4n) is 1.55. The van der Waals surface area contributed by atoms with Gasteiger partial charge in [-0.1, -0.05) is 12.1 Å². The second-order valence-corrected chi connectivity index (χ2v) is 5.91. The number of para-hydroxylation sites is 1. The Morgan fingerprint density at radius 2 is 2.11 bits per heavy atom. The SMILES string of the molecule is CN(Cc1nc2ccccc2s1)C(C)(C)C(=O)O. The number of nitrogens with zero attached hydrogens (tertiary/aromatic N) is 2. The van der Waals surface area contributed by atoms with Gasteiger partial charge in [0.1, 0.15) is 10.5 Å². The molecule has 1 aromatic heterocycles. The number of aliphatic carboxylic acids is 1. The zero-order chi connectivity index (χ0) is 13.3. The third-order valence-electron chi connectivity index (χ3n) is 3.19. The molecule has 0 saturated heterocycles. The first kappa shape index (κ1) is 13.0. The Hall–Kier alpha value is -1.46. The predicted molar refractivity (Wildman–Crippen MR) is 72.8 cm³/mol. The van der Waals surface area contributed by atoms with Crippen molar-refractivity contribution in [3.8, 4) is 0 Å². The molecule has 0 saturated carbocycles. The number of benzene rings is 1. The number of carboxylic acids is 1. The first-order valence-corrected chi connectivity index (χ1v) is 6.52. The summed E-state index contributed by atoms with van der Waals surface area (Å²) in [6.07, 6.45) is 0. The van der Waals surface area contributed by atoms with Gasteiger partial charge < -0.3 is 5.11 Å². The van der Waals surface area contributed by atoms with E-state index in [0.717, 1.165) is 15.2 Å². The van der Waals surface area contributed by atoms with Crippen LogP contribution in [0.5, 0.6) is 0 Å². The molecule has 1 N–H and O–H groups in total. The Balaban J connectivity index is 2.21. The van der Waals surface area contributed by atoms with Gasteiger partial charge in [0, 0.05) is 0 Å². The number of fused-ring (bicyclic) bond motifs is 1. The Kier molecular flexibility index (Phi) is 3.36. The van der Waals surface area contributed by atoms with Crippen LogP contribution in [0.4, 0.5) is 0 Å². The topological polar surface area (TPSA) is 53.4 Å². The zero-order valence-electron chi connectivity index (χ0n) is 10.7. The summed E-state index contributed by atoms with van der Waals surface area (Å²) in [6, 6.07) is 7.93. The van der Waals surface area contributed by atoms with Crippen LogP contribution in [0.2, 0.25) is 0 Å². The minimum Gasteiger partial charge on any atom is -0.480 e. The lowest BCUT2D eigenvalue weighted by molar-refractivity contribution is -0.148. The molecular formula is C13H16N2O2S. The van der Waals surface area contributed by atoms with E-state index in [-0.39, 0.29) is 0 Å². The average molecular weight is 264 g/mol. The molecule has 0 bridgehead atoms. The van der Waals surface area contributed by atoms with E-state index < -0.39 is 11.5 Å². The first-order chi connectivity index (χ1) is 8.41. The first-order valence-electron chi connectivity index (χ1n) is 5.70. The van der Waals surface area contributed by atoms with E-state index in [1.54, 1.807) is 37.1 Å². The molecule has 18 heavy (non-hydrogen) atoms. The number of thiazole rings is 1. The number of carboxylic acid groups (broad SMARTS) is 1. The van der Waals surface area contributed by atoms with Crippen molar-refractivity contribution >= 4 is 27.5 Å². The number of rotatable bonds is 4. The molecule has 0 spiro atoms. The van der Waals surface area contributed by atoms with Gasteiger partial charge in [-0.15, -0.1) is 11.3 Å². The quantitative estimate of drug-likeness (QED) is 0.922. The van der Waals surface area contributed by atoms with E-state index >= 15 is 0 Å². The van der Waals surface area contributed by atoms with Crippen molar-refractivity contribution in [2.75, 3.05) is 7.05 Å². The lowest BCUT2D eigenvalue weighted by Crippen LogP contribution is -2.47. The number of aromatic nitrogens is 1. The molecule has 0 atom stereocenters. The lowest BCUT2D eigenvalue weighted by atomic mass is 10.0. The largest absolute Gasteiger partial charge is 0.480 e. The Bertz CT molecular complexity index is 544. The molecule has 96 valence electrons. The lowest BCUT2D eigenvalue weighted by Gasteiger charge is -2.30. The number of carbonyl (C=O) groups is 1. The molecule has 0 unspecified atom stereocenters. The Morgan fingerprint density at radius 1 is 1.44 bits per heavy atom. The van der Waals surface area contributed by atoms with Crippen LogP contribution in [0.1, 0.15) is 18.9 Å². The smallest absolute Gasteiger partial charge is 0.323 e. The van der Waals surface area contributed by atoms with Crippen LogP contribution >= 0.6 is 11.3 Å². The van der Waals surface area contributed by atoms with E-state index in [1.165, 1.54) is 0 Å². The molecule has 0 aliphatic carbocycles. The van der Waals surface area contributed by atoms with Crippen molar-refractivity contribution < 1.29 is 9.90 Å². The molecule has 1 aromatic carbocycles. The van der Waals surface area contributed by atoms with Gasteiger partial charge in [0.25, 0.3) is 0 Å². The highest BCUT2D eigenvalue weighted by molar-refractivity contribution is 7.18. The number of likely N-dealkylation sites (N-methyl/N-ethyl adjacent to an activating group) is 1. The van der Waals surface area contributed by atoms with Crippen LogP contribution in [-0.4, -0.2) is 33.5 Å². The summed E-state index contributed by atoms with van der Waals surface area (Å²) in [5.41, 5.74) is 0.0803. The average Bonchev–Trinajstić information content (AvgIpc) is 2.70. The maximum Gasteiger partial charge on any atom is 0.323 e. The molecule has 0 amide bonds. The van der Waals surface area contributed by atoms with Gasteiger partial charge in [0.2, 0.25) is 0 Å². The molecular weight excluding hydrogens is 248 g/mol. The van der Waals surface area contributed by atoms with Gasteiger partial charge in [-0.2, -0.15) is 0 Å². The summed E-state index contributed by atoms with van der Waals surface area (Å²) < 4.78 is 1.13. The molecule has 4 nitrogen and oxygen atoms in total. The molecule has 0 aliphatic rings. The highest BCUT2D eigenvalue weighted by Crippen LogP contribution is 2.24. The fourth-order valence-corrected chi connectivity index (χ4v) is 2.57. The van der Waals surface area contributed by atoms with E-state index in [0.29, 0.717) is 6.54 Å². The summed E-state index contributed by atoms with van der Waals surface area (Å²) in [5.74, 6) is -0.828. The van der Waals surface area contributed by atoms with Gasteiger partial charge in [-0.05, 0) is 33.0 Å². The van der Waals surface area contributed by atoms with Crippen LogP contribution < -0.4 is 0 Å². The van der Waals surface area contributed by atoms with Gasteiger partial charge >= 0.3 is 5.97 Å². The highest BCUT2D eigenvalue weighted by Gasteiger charge is 2.32. The van der Waals surface area contributed by atoms with Crippen molar-refractivity contribution in [2.45, 2.75) is 25.9 Å². The van der Waals surface area contributed by atoms with E-state index in [9.17, 15) is 9.90 Å². The second-order valence-electron chi connectivity index (χ2n) is 4.80. The molecule has 0 aliphatic heterocycles. The van der Waals surface area contributed by atoms with Crippen LogP contribution in [0.15, 0.2) is 24.3 Å². The van der Waals surface area contributed by atoms with E-state index in [2.05, 4.69) is 4.98 Å². The van der Waals surface area contributed by atoms with E-state index in [4.69, 9.17) is 0 Å². The summed E-state index contributed by atoms with van der Waals surface area (Å²) in [7, 11) is 1.81. The minimum absolute atomic E-state index is 0.540. The van der Waals surface area contributed by atoms with Crippen molar-refractivity contribution in [2.24, 2.45) is 0 Å². The van der Waals surface area contributed by atoms with Crippen LogP contribution in [0.25, 0.3) is 10.2 Å². The molecule has 1 heterocycles. The summed E-state index contributed by atoms with van der Waals surface area (Å²) in [4.78, 5) is 17.5. The van der Waals surface area contributed by atoms with Crippen LogP contribution in [-0.2, 0) is 11.3 Å². The Labute approximate surface area is 110 Å². The van der Waals surface area contributed by atoms with Crippen LogP contribution in [0.3, 0.4) is 0 Å². The van der Waals surface area contributed by atoms with Crippen molar-refractivity contribution in [1.82, 2.24) is 9.88 Å². The molecule has 5 heteroatoms. The highest BCUT2D eigenvalue weighted by atomic mass is 32.1. The van der Waals surface area contributed by atoms with Crippen molar-refractivity contribution in [1.29, 1.82) is 0 Å². The van der Waals surface area contributed by atoms with Crippen LogP contribution in [0, 0.1) is 0 Å². The van der Waals surface area contributed by atoms with Gasteiger partial charge in [0.05, 0.1) is 16.8 Å². The normalized spacial score (nSPS) is 12.2. The molecule has 0 radical (unpaired) electrons. The number of hydrogen-bond donors (Lipinski definition) is 1. The third-order valence-corrected chi connectivity index (χ3v) is 4.21.